The smallest absolute Gasteiger partial charge is 0.116 e. The van der Waals surface area contributed by atoms with Crippen LogP contribution in [0.15, 0.2) is 36.3 Å². The Balaban J connectivity index is 2.61. The molecule has 0 nitrogen and oxygen atoms in total. The molecule has 1 aliphatic rings. The predicted molar refractivity (Wildman–Crippen MR) is 33.2 cm³/mol. The van der Waals surface area contributed by atoms with E-state index in [9.17, 15) is 0 Å². The number of hydrogen-bond acceptors (Lipinski definition) is 0. The minimum atomic E-state index is 1.19. The molecule has 33 valence electrons. The predicted octanol–water partition coefficient (Wildman–Crippen LogP) is 1.29. The van der Waals surface area contributed by atoms with Crippen molar-refractivity contribution in [1.29, 1.82) is 0 Å². The van der Waals surface area contributed by atoms with Gasteiger partial charge in [0.15, 0.2) is 7.28 Å². The van der Waals surface area contributed by atoms with E-state index in [1.165, 1.54) is 5.47 Å². The second-order valence-electron chi connectivity index (χ2n) is 1.42. The van der Waals surface area contributed by atoms with Crippen LogP contribution >= 0.6 is 0 Å². The lowest BCUT2D eigenvalue weighted by Gasteiger charge is -1.80. The molecule has 0 fully saturated rings. The fourth-order valence-corrected chi connectivity index (χ4v) is 0.525. The Morgan fingerprint density at radius 2 is 2.57 bits per heavy atom. The Morgan fingerprint density at radius 3 is 2.86 bits per heavy atom. The zero-order valence-electron chi connectivity index (χ0n) is 4.09. The normalized spacial score (nSPS) is 15.7. The summed E-state index contributed by atoms with van der Waals surface area (Å²) < 4.78 is 0. The van der Waals surface area contributed by atoms with Gasteiger partial charge in [-0.15, -0.1) is 5.98 Å². The summed E-state index contributed by atoms with van der Waals surface area (Å²) in [5, 5.41) is 0. The van der Waals surface area contributed by atoms with Crippen LogP contribution in [-0.2, 0) is 0 Å². The standard InChI is InChI=1S/C6H6B/c1-2-6-4-3-5-7-6/h2-5H,1H2. The van der Waals surface area contributed by atoms with E-state index in [2.05, 4.69) is 6.58 Å². The molecular formula is C6H6B. The van der Waals surface area contributed by atoms with E-state index in [0.717, 1.165) is 0 Å². The molecule has 1 heteroatoms. The van der Waals surface area contributed by atoms with Crippen LogP contribution in [0.25, 0.3) is 0 Å². The van der Waals surface area contributed by atoms with Crippen molar-refractivity contribution in [3.63, 3.8) is 0 Å². The molecule has 0 saturated heterocycles. The maximum atomic E-state index is 3.60. The van der Waals surface area contributed by atoms with Crippen molar-refractivity contribution in [3.05, 3.63) is 36.3 Å². The Kier molecular flexibility index (Phi) is 1.16. The molecule has 0 N–H and O–H groups in total. The third-order valence-corrected chi connectivity index (χ3v) is 0.924. The van der Waals surface area contributed by atoms with Gasteiger partial charge in [0, 0.05) is 0 Å². The van der Waals surface area contributed by atoms with E-state index in [0.29, 0.717) is 0 Å². The quantitative estimate of drug-likeness (QED) is 0.424. The fourth-order valence-electron chi connectivity index (χ4n) is 0.525. The van der Waals surface area contributed by atoms with Crippen molar-refractivity contribution < 1.29 is 0 Å². The van der Waals surface area contributed by atoms with Crippen LogP contribution in [0, 0.1) is 0 Å². The summed E-state index contributed by atoms with van der Waals surface area (Å²) in [5.41, 5.74) is 1.19. The number of allylic oxidation sites excluding steroid dienone is 4. The molecule has 0 saturated carbocycles. The van der Waals surface area contributed by atoms with Gasteiger partial charge >= 0.3 is 0 Å². The van der Waals surface area contributed by atoms with Gasteiger partial charge in [-0.3, -0.25) is 0 Å². The van der Waals surface area contributed by atoms with Crippen LogP contribution in [0.5, 0.6) is 0 Å². The van der Waals surface area contributed by atoms with Gasteiger partial charge in [-0.2, -0.15) is 0 Å². The second kappa shape index (κ2) is 1.83. The SMILES string of the molecule is C=CC1=CC=C[B]1. The lowest BCUT2D eigenvalue weighted by Crippen LogP contribution is -1.80. The van der Waals surface area contributed by atoms with Crippen LogP contribution in [-0.4, -0.2) is 7.28 Å². The molecule has 0 unspecified atom stereocenters. The van der Waals surface area contributed by atoms with Gasteiger partial charge in [-0.25, -0.2) is 0 Å². The van der Waals surface area contributed by atoms with Gasteiger partial charge < -0.3 is 0 Å². The number of hydrogen-bond donors (Lipinski definition) is 0. The van der Waals surface area contributed by atoms with E-state index < -0.39 is 0 Å². The van der Waals surface area contributed by atoms with E-state index in [1.807, 2.05) is 31.5 Å². The average Bonchev–Trinajstić information content (AvgIpc) is 2.14. The lowest BCUT2D eigenvalue weighted by molar-refractivity contribution is 1.93. The largest absolute Gasteiger partial charge is 0.181 e. The molecule has 1 rings (SSSR count). The van der Waals surface area contributed by atoms with Crippen molar-refractivity contribution in [2.75, 3.05) is 0 Å². The summed E-state index contributed by atoms with van der Waals surface area (Å²) in [5.74, 6) is 2.00. The summed E-state index contributed by atoms with van der Waals surface area (Å²) >= 11 is 0. The van der Waals surface area contributed by atoms with Crippen molar-refractivity contribution in [2.24, 2.45) is 0 Å². The number of rotatable bonds is 1. The highest BCUT2D eigenvalue weighted by Gasteiger charge is 1.91. The molecule has 7 heavy (non-hydrogen) atoms. The topological polar surface area (TPSA) is 0 Å². The molecule has 0 aliphatic carbocycles. The highest BCUT2D eigenvalue weighted by atomic mass is 13.8. The first-order chi connectivity index (χ1) is 3.43. The zero-order chi connectivity index (χ0) is 5.11. The maximum Gasteiger partial charge on any atom is 0.181 e. The first-order valence-corrected chi connectivity index (χ1v) is 2.27. The molecule has 0 aromatic heterocycles. The Labute approximate surface area is 44.5 Å². The van der Waals surface area contributed by atoms with Crippen molar-refractivity contribution in [1.82, 2.24) is 0 Å². The molecule has 1 aliphatic heterocycles. The minimum absolute atomic E-state index is 1.19. The van der Waals surface area contributed by atoms with Gasteiger partial charge in [-0.05, 0) is 0 Å². The van der Waals surface area contributed by atoms with Crippen LogP contribution in [0.4, 0.5) is 0 Å². The lowest BCUT2D eigenvalue weighted by atomic mass is 9.73. The molecule has 0 amide bonds. The Morgan fingerprint density at radius 1 is 1.71 bits per heavy atom. The molecule has 0 spiro atoms. The summed E-state index contributed by atoms with van der Waals surface area (Å²) in [6, 6.07) is 0. The summed E-state index contributed by atoms with van der Waals surface area (Å²) in [7, 11) is 2.02. The first-order valence-electron chi connectivity index (χ1n) is 2.27. The van der Waals surface area contributed by atoms with Crippen LogP contribution in [0.1, 0.15) is 0 Å². The molecule has 0 aromatic carbocycles. The van der Waals surface area contributed by atoms with Gasteiger partial charge in [0.1, 0.15) is 0 Å². The second-order valence-corrected chi connectivity index (χ2v) is 1.42. The minimum Gasteiger partial charge on any atom is -0.116 e. The van der Waals surface area contributed by atoms with Crippen LogP contribution < -0.4 is 0 Å². The summed E-state index contributed by atoms with van der Waals surface area (Å²) in [4.78, 5) is 0. The highest BCUT2D eigenvalue weighted by Crippen LogP contribution is 1.99. The van der Waals surface area contributed by atoms with E-state index in [4.69, 9.17) is 0 Å². The van der Waals surface area contributed by atoms with E-state index in [-0.39, 0.29) is 0 Å². The first kappa shape index (κ1) is 4.44. The molecule has 0 aromatic rings. The van der Waals surface area contributed by atoms with Gasteiger partial charge in [0.25, 0.3) is 0 Å². The molecule has 0 atom stereocenters. The summed E-state index contributed by atoms with van der Waals surface area (Å²) in [6.07, 6.45) is 5.85. The molecule has 1 heterocycles. The third-order valence-electron chi connectivity index (χ3n) is 0.924. The Bertz CT molecular complexity index is 131. The van der Waals surface area contributed by atoms with E-state index >= 15 is 0 Å². The monoisotopic (exact) mass is 89.1 g/mol. The Hall–Kier alpha value is -0.715. The third kappa shape index (κ3) is 0.831. The van der Waals surface area contributed by atoms with E-state index in [1.54, 1.807) is 0 Å². The average molecular weight is 88.9 g/mol. The maximum absolute atomic E-state index is 3.60. The zero-order valence-corrected chi connectivity index (χ0v) is 4.09. The van der Waals surface area contributed by atoms with Crippen LogP contribution in [0.3, 0.4) is 0 Å². The van der Waals surface area contributed by atoms with Crippen molar-refractivity contribution in [3.8, 4) is 0 Å². The molecule has 0 bridgehead atoms. The molecular weight excluding hydrogens is 82.9 g/mol. The van der Waals surface area contributed by atoms with Gasteiger partial charge in [0.2, 0.25) is 0 Å². The van der Waals surface area contributed by atoms with Crippen molar-refractivity contribution >= 4 is 7.28 Å². The van der Waals surface area contributed by atoms with Crippen molar-refractivity contribution in [2.45, 2.75) is 0 Å². The summed E-state index contributed by atoms with van der Waals surface area (Å²) in [6.45, 7) is 3.60. The van der Waals surface area contributed by atoms with Crippen LogP contribution in [0.2, 0.25) is 0 Å². The van der Waals surface area contributed by atoms with Gasteiger partial charge in [-0.1, -0.05) is 30.3 Å². The molecule has 1 radical (unpaired) electrons. The van der Waals surface area contributed by atoms with Gasteiger partial charge in [0.05, 0.1) is 0 Å². The fraction of sp³-hybridized carbons (Fsp3) is 0. The highest BCUT2D eigenvalue weighted by molar-refractivity contribution is 6.53.